The molecule has 0 aromatic rings. The van der Waals surface area contributed by atoms with Gasteiger partial charge in [-0.05, 0) is 25.3 Å². The van der Waals surface area contributed by atoms with E-state index in [2.05, 4.69) is 37.6 Å². The molecule has 1 heterocycles. The first-order valence-corrected chi connectivity index (χ1v) is 7.46. The summed E-state index contributed by atoms with van der Waals surface area (Å²) in [6.45, 7) is 14.7. The van der Waals surface area contributed by atoms with Gasteiger partial charge in [0.25, 0.3) is 0 Å². The highest BCUT2D eigenvalue weighted by Crippen LogP contribution is 2.21. The van der Waals surface area contributed by atoms with Gasteiger partial charge in [0, 0.05) is 39.3 Å². The predicted octanol–water partition coefficient (Wildman–Crippen LogP) is 2.47. The van der Waals surface area contributed by atoms with Gasteiger partial charge in [0.05, 0.1) is 6.61 Å². The number of likely N-dealkylation sites (N-methyl/N-ethyl adjacent to an activating group) is 1. The zero-order chi connectivity index (χ0) is 13.4. The number of piperazine rings is 1. The van der Waals surface area contributed by atoms with Crippen LogP contribution in [0.2, 0.25) is 0 Å². The minimum absolute atomic E-state index is 0.472. The fraction of sp³-hybridized carbons (Fsp3) is 1.00. The molecule has 0 aromatic heterocycles. The van der Waals surface area contributed by atoms with Crippen LogP contribution in [0.15, 0.2) is 0 Å². The van der Waals surface area contributed by atoms with E-state index >= 15 is 0 Å². The Morgan fingerprint density at radius 3 is 2.22 bits per heavy atom. The Labute approximate surface area is 113 Å². The first kappa shape index (κ1) is 15.9. The fourth-order valence-corrected chi connectivity index (χ4v) is 2.23. The Kier molecular flexibility index (Phi) is 7.20. The second kappa shape index (κ2) is 8.13. The molecule has 1 saturated heterocycles. The minimum atomic E-state index is 0.472. The van der Waals surface area contributed by atoms with Gasteiger partial charge >= 0.3 is 0 Å². The standard InChI is InChI=1S/C15H32N2O/c1-15(2,3)7-5-6-13-18-14-12-17-10-8-16(4)9-11-17/h5-14H2,1-4H3. The van der Waals surface area contributed by atoms with Gasteiger partial charge in [-0.15, -0.1) is 0 Å². The summed E-state index contributed by atoms with van der Waals surface area (Å²) in [7, 11) is 2.20. The molecule has 1 aliphatic rings. The van der Waals surface area contributed by atoms with E-state index in [1.807, 2.05) is 0 Å². The number of hydrogen-bond donors (Lipinski definition) is 0. The molecule has 108 valence electrons. The van der Waals surface area contributed by atoms with Crippen molar-refractivity contribution in [1.29, 1.82) is 0 Å². The van der Waals surface area contributed by atoms with Gasteiger partial charge < -0.3 is 9.64 Å². The van der Waals surface area contributed by atoms with Crippen LogP contribution in [0.5, 0.6) is 0 Å². The first-order valence-electron chi connectivity index (χ1n) is 7.46. The lowest BCUT2D eigenvalue weighted by Crippen LogP contribution is -2.45. The van der Waals surface area contributed by atoms with Gasteiger partial charge in [0.15, 0.2) is 0 Å². The molecule has 3 heteroatoms. The number of rotatable bonds is 7. The molecule has 0 N–H and O–H groups in total. The van der Waals surface area contributed by atoms with Crippen LogP contribution in [-0.4, -0.2) is 62.8 Å². The van der Waals surface area contributed by atoms with Gasteiger partial charge in [-0.1, -0.05) is 27.2 Å². The summed E-state index contributed by atoms with van der Waals surface area (Å²) in [5.41, 5.74) is 0.472. The summed E-state index contributed by atoms with van der Waals surface area (Å²) in [5, 5.41) is 0. The molecule has 0 saturated carbocycles. The molecule has 1 rings (SSSR count). The average molecular weight is 256 g/mol. The van der Waals surface area contributed by atoms with E-state index in [4.69, 9.17) is 4.74 Å². The van der Waals surface area contributed by atoms with Crippen molar-refractivity contribution in [3.63, 3.8) is 0 Å². The Bertz CT molecular complexity index is 205. The van der Waals surface area contributed by atoms with Crippen molar-refractivity contribution in [2.24, 2.45) is 5.41 Å². The van der Waals surface area contributed by atoms with Gasteiger partial charge in [-0.3, -0.25) is 4.90 Å². The highest BCUT2D eigenvalue weighted by atomic mass is 16.5. The maximum absolute atomic E-state index is 5.72. The zero-order valence-corrected chi connectivity index (χ0v) is 12.9. The average Bonchev–Trinajstić information content (AvgIpc) is 2.29. The van der Waals surface area contributed by atoms with E-state index in [0.717, 1.165) is 19.8 Å². The summed E-state index contributed by atoms with van der Waals surface area (Å²) in [4.78, 5) is 4.90. The summed E-state index contributed by atoms with van der Waals surface area (Å²) < 4.78 is 5.72. The smallest absolute Gasteiger partial charge is 0.0593 e. The lowest BCUT2D eigenvalue weighted by Gasteiger charge is -2.32. The molecule has 18 heavy (non-hydrogen) atoms. The first-order chi connectivity index (χ1) is 8.47. The lowest BCUT2D eigenvalue weighted by atomic mass is 9.90. The quantitative estimate of drug-likeness (QED) is 0.651. The second-order valence-electron chi connectivity index (χ2n) is 6.78. The third kappa shape index (κ3) is 8.06. The van der Waals surface area contributed by atoms with Crippen molar-refractivity contribution in [1.82, 2.24) is 9.80 Å². The Balaban J connectivity index is 1.87. The molecule has 0 atom stereocenters. The normalized spacial score (nSPS) is 19.3. The van der Waals surface area contributed by atoms with Gasteiger partial charge in [0.2, 0.25) is 0 Å². The molecule has 0 aromatic carbocycles. The molecule has 0 amide bonds. The van der Waals surface area contributed by atoms with Crippen LogP contribution in [0.25, 0.3) is 0 Å². The zero-order valence-electron chi connectivity index (χ0n) is 12.9. The summed E-state index contributed by atoms with van der Waals surface area (Å²) in [6, 6.07) is 0. The highest BCUT2D eigenvalue weighted by Gasteiger charge is 2.13. The maximum atomic E-state index is 5.72. The lowest BCUT2D eigenvalue weighted by molar-refractivity contribution is 0.0791. The van der Waals surface area contributed by atoms with Crippen molar-refractivity contribution >= 4 is 0 Å². The molecular formula is C15H32N2O. The number of hydrogen-bond acceptors (Lipinski definition) is 3. The molecule has 1 aliphatic heterocycles. The Morgan fingerprint density at radius 2 is 1.61 bits per heavy atom. The summed E-state index contributed by atoms with van der Waals surface area (Å²) in [6.07, 6.45) is 3.80. The Hall–Kier alpha value is -0.120. The van der Waals surface area contributed by atoms with Crippen LogP contribution < -0.4 is 0 Å². The molecule has 0 aliphatic carbocycles. The number of unbranched alkanes of at least 4 members (excludes halogenated alkanes) is 1. The maximum Gasteiger partial charge on any atom is 0.0593 e. The van der Waals surface area contributed by atoms with Gasteiger partial charge in [0.1, 0.15) is 0 Å². The van der Waals surface area contributed by atoms with Crippen LogP contribution in [0.4, 0.5) is 0 Å². The van der Waals surface area contributed by atoms with E-state index in [1.54, 1.807) is 0 Å². The third-order valence-corrected chi connectivity index (χ3v) is 3.61. The Morgan fingerprint density at radius 1 is 0.944 bits per heavy atom. The van der Waals surface area contributed by atoms with Crippen LogP contribution in [0.3, 0.4) is 0 Å². The van der Waals surface area contributed by atoms with Crippen LogP contribution in [-0.2, 0) is 4.74 Å². The molecular weight excluding hydrogens is 224 g/mol. The van der Waals surface area contributed by atoms with E-state index < -0.39 is 0 Å². The predicted molar refractivity (Wildman–Crippen MR) is 78.1 cm³/mol. The second-order valence-corrected chi connectivity index (χ2v) is 6.78. The molecule has 0 bridgehead atoms. The SMILES string of the molecule is CN1CCN(CCOCCCCC(C)(C)C)CC1. The van der Waals surface area contributed by atoms with Crippen LogP contribution >= 0.6 is 0 Å². The van der Waals surface area contributed by atoms with E-state index in [1.165, 1.54) is 45.4 Å². The number of ether oxygens (including phenoxy) is 1. The molecule has 0 spiro atoms. The number of nitrogens with zero attached hydrogens (tertiary/aromatic N) is 2. The summed E-state index contributed by atoms with van der Waals surface area (Å²) in [5.74, 6) is 0. The van der Waals surface area contributed by atoms with Crippen molar-refractivity contribution in [2.45, 2.75) is 40.0 Å². The van der Waals surface area contributed by atoms with E-state index in [9.17, 15) is 0 Å². The summed E-state index contributed by atoms with van der Waals surface area (Å²) >= 11 is 0. The third-order valence-electron chi connectivity index (χ3n) is 3.61. The van der Waals surface area contributed by atoms with Crippen molar-refractivity contribution < 1.29 is 4.74 Å². The van der Waals surface area contributed by atoms with Crippen LogP contribution in [0, 0.1) is 5.41 Å². The topological polar surface area (TPSA) is 15.7 Å². The van der Waals surface area contributed by atoms with Crippen molar-refractivity contribution in [3.05, 3.63) is 0 Å². The largest absolute Gasteiger partial charge is 0.380 e. The van der Waals surface area contributed by atoms with Crippen molar-refractivity contribution in [3.8, 4) is 0 Å². The molecule has 0 unspecified atom stereocenters. The van der Waals surface area contributed by atoms with Crippen molar-refractivity contribution in [2.75, 3.05) is 53.0 Å². The van der Waals surface area contributed by atoms with Gasteiger partial charge in [-0.2, -0.15) is 0 Å². The monoisotopic (exact) mass is 256 g/mol. The molecule has 3 nitrogen and oxygen atoms in total. The fourth-order valence-electron chi connectivity index (χ4n) is 2.23. The minimum Gasteiger partial charge on any atom is -0.380 e. The van der Waals surface area contributed by atoms with E-state index in [0.29, 0.717) is 5.41 Å². The van der Waals surface area contributed by atoms with Crippen LogP contribution in [0.1, 0.15) is 40.0 Å². The van der Waals surface area contributed by atoms with Gasteiger partial charge in [-0.25, -0.2) is 0 Å². The molecule has 0 radical (unpaired) electrons. The van der Waals surface area contributed by atoms with E-state index in [-0.39, 0.29) is 0 Å². The highest BCUT2D eigenvalue weighted by molar-refractivity contribution is 4.68. The molecule has 1 fully saturated rings.